The lowest BCUT2D eigenvalue weighted by Crippen LogP contribution is -2.10. The van der Waals surface area contributed by atoms with E-state index in [9.17, 15) is 4.79 Å². The summed E-state index contributed by atoms with van der Waals surface area (Å²) < 4.78 is 1.76. The molecule has 3 rings (SSSR count). The van der Waals surface area contributed by atoms with E-state index in [2.05, 4.69) is 9.97 Å². The number of nitrogens with zero attached hydrogens (tertiary/aromatic N) is 2. The lowest BCUT2D eigenvalue weighted by Gasteiger charge is -2.02. The van der Waals surface area contributed by atoms with Crippen LogP contribution in [0.15, 0.2) is 47.7 Å². The smallest absolute Gasteiger partial charge is 0.274 e. The highest BCUT2D eigenvalue weighted by Crippen LogP contribution is 2.15. The number of fused-ring (bicyclic) bond motifs is 1. The highest BCUT2D eigenvalue weighted by molar-refractivity contribution is 5.61. The minimum Gasteiger partial charge on any atom is -0.319 e. The Morgan fingerprint density at radius 3 is 2.76 bits per heavy atom. The molecule has 0 amide bonds. The molecule has 1 N–H and O–H groups in total. The first-order valence-electron chi connectivity index (χ1n) is 5.38. The number of aromatic amines is 1. The SMILES string of the molecule is Cc1ncn2cc(-c3ccccc3)[nH]c(=O)c12. The van der Waals surface area contributed by atoms with Gasteiger partial charge in [0, 0.05) is 6.20 Å². The summed E-state index contributed by atoms with van der Waals surface area (Å²) in [6.45, 7) is 1.83. The highest BCUT2D eigenvalue weighted by atomic mass is 16.1. The molecule has 0 atom stereocenters. The van der Waals surface area contributed by atoms with Crippen LogP contribution in [-0.4, -0.2) is 14.4 Å². The number of imidazole rings is 1. The maximum Gasteiger partial charge on any atom is 0.274 e. The van der Waals surface area contributed by atoms with Gasteiger partial charge in [-0.15, -0.1) is 0 Å². The fraction of sp³-hybridized carbons (Fsp3) is 0.0769. The van der Waals surface area contributed by atoms with E-state index in [1.807, 2.05) is 43.5 Å². The van der Waals surface area contributed by atoms with E-state index < -0.39 is 0 Å². The predicted octanol–water partition coefficient (Wildman–Crippen LogP) is 2.00. The van der Waals surface area contributed by atoms with Crippen molar-refractivity contribution in [2.24, 2.45) is 0 Å². The van der Waals surface area contributed by atoms with Gasteiger partial charge >= 0.3 is 0 Å². The molecule has 0 saturated heterocycles. The van der Waals surface area contributed by atoms with E-state index >= 15 is 0 Å². The van der Waals surface area contributed by atoms with Crippen molar-refractivity contribution in [1.82, 2.24) is 14.4 Å². The van der Waals surface area contributed by atoms with Crippen LogP contribution in [0.1, 0.15) is 5.69 Å². The normalized spacial score (nSPS) is 10.9. The maximum absolute atomic E-state index is 11.9. The first-order valence-corrected chi connectivity index (χ1v) is 5.38. The van der Waals surface area contributed by atoms with Gasteiger partial charge in [-0.3, -0.25) is 9.20 Å². The van der Waals surface area contributed by atoms with Crippen LogP contribution in [0.4, 0.5) is 0 Å². The first kappa shape index (κ1) is 9.84. The first-order chi connectivity index (χ1) is 8.25. The van der Waals surface area contributed by atoms with E-state index in [-0.39, 0.29) is 5.56 Å². The number of benzene rings is 1. The van der Waals surface area contributed by atoms with Crippen LogP contribution in [0.25, 0.3) is 16.8 Å². The zero-order valence-electron chi connectivity index (χ0n) is 9.34. The molecule has 2 heterocycles. The molecule has 4 nitrogen and oxygen atoms in total. The topological polar surface area (TPSA) is 50.2 Å². The number of H-pyrrole nitrogens is 1. The van der Waals surface area contributed by atoms with Crippen molar-refractivity contribution in [3.8, 4) is 11.3 Å². The second-order valence-electron chi connectivity index (χ2n) is 3.95. The molecule has 17 heavy (non-hydrogen) atoms. The lowest BCUT2D eigenvalue weighted by molar-refractivity contribution is 1.09. The van der Waals surface area contributed by atoms with Gasteiger partial charge in [-0.2, -0.15) is 0 Å². The van der Waals surface area contributed by atoms with Gasteiger partial charge in [0.15, 0.2) is 0 Å². The van der Waals surface area contributed by atoms with Crippen molar-refractivity contribution in [2.75, 3.05) is 0 Å². The van der Waals surface area contributed by atoms with Crippen LogP contribution >= 0.6 is 0 Å². The highest BCUT2D eigenvalue weighted by Gasteiger charge is 2.06. The van der Waals surface area contributed by atoms with Crippen LogP contribution in [0.3, 0.4) is 0 Å². The van der Waals surface area contributed by atoms with E-state index in [4.69, 9.17) is 0 Å². The summed E-state index contributed by atoms with van der Waals surface area (Å²) in [6.07, 6.45) is 3.54. The van der Waals surface area contributed by atoms with Crippen molar-refractivity contribution < 1.29 is 0 Å². The summed E-state index contributed by atoms with van der Waals surface area (Å²) >= 11 is 0. The van der Waals surface area contributed by atoms with Crippen LogP contribution in [0.2, 0.25) is 0 Å². The van der Waals surface area contributed by atoms with Crippen molar-refractivity contribution in [3.05, 3.63) is 58.9 Å². The predicted molar refractivity (Wildman–Crippen MR) is 66.0 cm³/mol. The van der Waals surface area contributed by atoms with Gasteiger partial charge in [-0.1, -0.05) is 30.3 Å². The molecule has 0 fully saturated rings. The molecule has 1 aromatic carbocycles. The minimum absolute atomic E-state index is 0.110. The Morgan fingerprint density at radius 1 is 1.24 bits per heavy atom. The molecule has 0 aliphatic heterocycles. The third-order valence-electron chi connectivity index (χ3n) is 2.79. The summed E-state index contributed by atoms with van der Waals surface area (Å²) in [7, 11) is 0. The van der Waals surface area contributed by atoms with Gasteiger partial charge in [-0.25, -0.2) is 4.98 Å². The van der Waals surface area contributed by atoms with Crippen molar-refractivity contribution in [3.63, 3.8) is 0 Å². The molecule has 0 spiro atoms. The average Bonchev–Trinajstić information content (AvgIpc) is 2.73. The maximum atomic E-state index is 11.9. The molecular weight excluding hydrogens is 214 g/mol. The molecule has 0 bridgehead atoms. The number of hydrogen-bond donors (Lipinski definition) is 1. The van der Waals surface area contributed by atoms with E-state index in [1.54, 1.807) is 10.7 Å². The standard InChI is InChI=1S/C13H11N3O/c1-9-12-13(17)15-11(7-16(12)8-14-9)10-5-3-2-4-6-10/h2-8H,1H3,(H,15,17). The van der Waals surface area contributed by atoms with Gasteiger partial charge < -0.3 is 4.98 Å². The third kappa shape index (κ3) is 1.54. The summed E-state index contributed by atoms with van der Waals surface area (Å²) in [6, 6.07) is 9.75. The molecule has 84 valence electrons. The summed E-state index contributed by atoms with van der Waals surface area (Å²) in [5, 5.41) is 0. The van der Waals surface area contributed by atoms with Crippen LogP contribution in [0.5, 0.6) is 0 Å². The summed E-state index contributed by atoms with van der Waals surface area (Å²) in [5.41, 5.74) is 3.01. The zero-order valence-corrected chi connectivity index (χ0v) is 9.34. The fourth-order valence-corrected chi connectivity index (χ4v) is 1.95. The number of hydrogen-bond acceptors (Lipinski definition) is 2. The number of rotatable bonds is 1. The van der Waals surface area contributed by atoms with Crippen LogP contribution in [0, 0.1) is 6.92 Å². The molecule has 0 saturated carbocycles. The molecule has 2 aromatic heterocycles. The molecule has 0 aliphatic carbocycles. The average molecular weight is 225 g/mol. The van der Waals surface area contributed by atoms with E-state index in [0.29, 0.717) is 5.52 Å². The quantitative estimate of drug-likeness (QED) is 0.688. The second-order valence-corrected chi connectivity index (χ2v) is 3.95. The van der Waals surface area contributed by atoms with Gasteiger partial charge in [0.05, 0.1) is 17.7 Å². The number of aryl methyl sites for hydroxylation is 1. The molecule has 4 heteroatoms. The molecule has 3 aromatic rings. The van der Waals surface area contributed by atoms with Crippen LogP contribution in [-0.2, 0) is 0 Å². The molecule has 0 unspecified atom stereocenters. The largest absolute Gasteiger partial charge is 0.319 e. The van der Waals surface area contributed by atoms with Crippen molar-refractivity contribution in [2.45, 2.75) is 6.92 Å². The fourth-order valence-electron chi connectivity index (χ4n) is 1.95. The Balaban J connectivity index is 2.30. The monoisotopic (exact) mass is 225 g/mol. The van der Waals surface area contributed by atoms with Crippen molar-refractivity contribution in [1.29, 1.82) is 0 Å². The third-order valence-corrected chi connectivity index (χ3v) is 2.79. The van der Waals surface area contributed by atoms with Gasteiger partial charge in [0.2, 0.25) is 0 Å². The Labute approximate surface area is 97.6 Å². The number of aromatic nitrogens is 3. The Kier molecular flexibility index (Phi) is 2.08. The van der Waals surface area contributed by atoms with Gasteiger partial charge in [0.1, 0.15) is 5.52 Å². The summed E-state index contributed by atoms with van der Waals surface area (Å²) in [5.74, 6) is 0. The number of nitrogens with one attached hydrogen (secondary N) is 1. The summed E-state index contributed by atoms with van der Waals surface area (Å²) in [4.78, 5) is 18.9. The second kappa shape index (κ2) is 3.59. The Morgan fingerprint density at radius 2 is 2.00 bits per heavy atom. The lowest BCUT2D eigenvalue weighted by atomic mass is 10.2. The Bertz CT molecular complexity index is 725. The van der Waals surface area contributed by atoms with E-state index in [1.165, 1.54) is 0 Å². The van der Waals surface area contributed by atoms with Crippen molar-refractivity contribution >= 4 is 5.52 Å². The Hall–Kier alpha value is -2.36. The van der Waals surface area contributed by atoms with Crippen LogP contribution < -0.4 is 5.56 Å². The molecular formula is C13H11N3O. The minimum atomic E-state index is -0.110. The van der Waals surface area contributed by atoms with Gasteiger partial charge in [-0.05, 0) is 12.5 Å². The molecule has 0 aliphatic rings. The van der Waals surface area contributed by atoms with E-state index in [0.717, 1.165) is 17.0 Å². The molecule has 0 radical (unpaired) electrons. The van der Waals surface area contributed by atoms with Gasteiger partial charge in [0.25, 0.3) is 5.56 Å². The zero-order chi connectivity index (χ0) is 11.8.